The normalized spacial score (nSPS) is 15.4. The summed E-state index contributed by atoms with van der Waals surface area (Å²) in [5, 5.41) is 13.6. The summed E-state index contributed by atoms with van der Waals surface area (Å²) in [5.74, 6) is 0. The molecule has 3 nitrogen and oxygen atoms in total. The molecule has 2 heterocycles. The van der Waals surface area contributed by atoms with E-state index in [1.54, 1.807) is 36.5 Å². The third kappa shape index (κ3) is 4.59. The van der Waals surface area contributed by atoms with E-state index in [1.165, 1.54) is 6.07 Å². The molecule has 0 spiro atoms. The van der Waals surface area contributed by atoms with Gasteiger partial charge in [-0.1, -0.05) is 91.5 Å². The SMILES string of the molecule is [2H]C([2H])([2H])c1cc([Si](C)(c2ccccc2)c2ccccc2)cc(C([2H])([2H])[2H])c1-c1cc[n+](C)c(-c2c(C)ccc3c2oc2c(C([2H])([2H])[2H])c(C#N)ccc23)c1. The van der Waals surface area contributed by atoms with E-state index in [0.29, 0.717) is 38.4 Å². The van der Waals surface area contributed by atoms with Crippen molar-refractivity contribution in [2.75, 3.05) is 0 Å². The van der Waals surface area contributed by atoms with Crippen molar-refractivity contribution in [3.8, 4) is 28.5 Å². The molecule has 0 fully saturated rings. The van der Waals surface area contributed by atoms with Crippen LogP contribution in [0.1, 0.15) is 40.2 Å². The third-order valence-corrected chi connectivity index (χ3v) is 13.7. The molecule has 7 aromatic rings. The number of pyridine rings is 1. The summed E-state index contributed by atoms with van der Waals surface area (Å²) in [6, 6.07) is 35.4. The standard InChI is InChI=1S/C42H37N2OSi/c1-27-17-19-37-36-20-18-32(26-43)30(4)41(36)45-42(37)40(27)38-25-31(21-22-44(38)5)39-28(2)23-35(24-29(39)3)46(6,33-13-9-7-10-14-33)34-15-11-8-12-16-34/h7-25H,1-6H3/q+1/i2D3,3D3,4D3. The average Bonchev–Trinajstić information content (AvgIpc) is 3.51. The summed E-state index contributed by atoms with van der Waals surface area (Å²) in [6.45, 7) is -4.00. The summed E-state index contributed by atoms with van der Waals surface area (Å²) in [7, 11) is -1.13. The minimum absolute atomic E-state index is 0.00564. The van der Waals surface area contributed by atoms with Gasteiger partial charge in [0.05, 0.1) is 17.2 Å². The Kier molecular flexibility index (Phi) is 5.08. The van der Waals surface area contributed by atoms with Crippen LogP contribution in [-0.4, -0.2) is 8.07 Å². The molecule has 2 aromatic heterocycles. The molecule has 0 bridgehead atoms. The predicted octanol–water partition coefficient (Wildman–Crippen LogP) is 7.95. The Hall–Kier alpha value is -5.24. The van der Waals surface area contributed by atoms with E-state index in [1.807, 2.05) is 97.4 Å². The molecule has 224 valence electrons. The van der Waals surface area contributed by atoms with Gasteiger partial charge in [-0.3, -0.25) is 0 Å². The van der Waals surface area contributed by atoms with Crippen LogP contribution in [0.3, 0.4) is 0 Å². The van der Waals surface area contributed by atoms with Gasteiger partial charge in [0, 0.05) is 40.8 Å². The second kappa shape index (κ2) is 11.3. The van der Waals surface area contributed by atoms with Crippen LogP contribution in [0.15, 0.2) is 120 Å². The van der Waals surface area contributed by atoms with Crippen molar-refractivity contribution in [2.45, 2.75) is 34.0 Å². The number of benzene rings is 5. The number of furan rings is 1. The largest absolute Gasteiger partial charge is 0.455 e. The average molecular weight is 623 g/mol. The summed E-state index contributed by atoms with van der Waals surface area (Å²) >= 11 is 0. The fourth-order valence-corrected chi connectivity index (χ4v) is 10.3. The van der Waals surface area contributed by atoms with Crippen molar-refractivity contribution >= 4 is 45.6 Å². The second-order valence-electron chi connectivity index (χ2n) is 11.9. The number of nitrogens with zero attached hydrogens (tertiary/aromatic N) is 2. The first-order chi connectivity index (χ1) is 25.9. The number of fused-ring (bicyclic) bond motifs is 3. The molecule has 0 saturated carbocycles. The monoisotopic (exact) mass is 622 g/mol. The first-order valence-electron chi connectivity index (χ1n) is 19.6. The van der Waals surface area contributed by atoms with E-state index in [0.717, 1.165) is 15.9 Å². The lowest BCUT2D eigenvalue weighted by Gasteiger charge is -2.31. The molecule has 0 aliphatic carbocycles. The molecular weight excluding hydrogens is 577 g/mol. The van der Waals surface area contributed by atoms with Gasteiger partial charge in [0.15, 0.2) is 6.20 Å². The molecule has 0 atom stereocenters. The Balaban J connectivity index is 1.54. The summed E-state index contributed by atoms with van der Waals surface area (Å²) < 4.78 is 85.8. The molecule has 0 aliphatic rings. The van der Waals surface area contributed by atoms with Crippen LogP contribution in [0.4, 0.5) is 0 Å². The van der Waals surface area contributed by atoms with Gasteiger partial charge in [0.1, 0.15) is 26.3 Å². The molecule has 0 saturated heterocycles. The van der Waals surface area contributed by atoms with Crippen molar-refractivity contribution in [3.05, 3.63) is 143 Å². The number of rotatable bonds is 5. The molecule has 0 amide bonds. The number of hydrogen-bond donors (Lipinski definition) is 0. The first-order valence-corrected chi connectivity index (χ1v) is 17.6. The summed E-state index contributed by atoms with van der Waals surface area (Å²) in [5.41, 5.74) is 2.66. The van der Waals surface area contributed by atoms with Gasteiger partial charge in [-0.2, -0.15) is 5.26 Å². The second-order valence-corrected chi connectivity index (χ2v) is 15.9. The lowest BCUT2D eigenvalue weighted by molar-refractivity contribution is -0.660. The quantitative estimate of drug-likeness (QED) is 0.111. The Labute approximate surface area is 284 Å². The van der Waals surface area contributed by atoms with Crippen LogP contribution in [0, 0.1) is 38.8 Å². The van der Waals surface area contributed by atoms with Crippen LogP contribution >= 0.6 is 0 Å². The van der Waals surface area contributed by atoms with Gasteiger partial charge in [-0.15, -0.1) is 0 Å². The zero-order chi connectivity index (χ0) is 39.7. The highest BCUT2D eigenvalue weighted by molar-refractivity contribution is 7.10. The van der Waals surface area contributed by atoms with Crippen LogP contribution in [0.25, 0.3) is 44.3 Å². The maximum Gasteiger partial charge on any atom is 0.216 e. The van der Waals surface area contributed by atoms with E-state index >= 15 is 0 Å². The zero-order valence-corrected chi connectivity index (χ0v) is 26.8. The van der Waals surface area contributed by atoms with E-state index < -0.39 is 28.6 Å². The predicted molar refractivity (Wildman–Crippen MR) is 193 cm³/mol. The topological polar surface area (TPSA) is 40.8 Å². The third-order valence-electron chi connectivity index (χ3n) is 9.25. The van der Waals surface area contributed by atoms with Crippen LogP contribution < -0.4 is 20.1 Å². The van der Waals surface area contributed by atoms with Crippen molar-refractivity contribution in [1.82, 2.24) is 0 Å². The molecule has 5 aromatic carbocycles. The fourth-order valence-electron chi connectivity index (χ4n) is 6.67. The molecule has 7 rings (SSSR count). The maximum atomic E-state index is 9.78. The summed E-state index contributed by atoms with van der Waals surface area (Å²) in [4.78, 5) is 0. The maximum absolute atomic E-state index is 9.78. The van der Waals surface area contributed by atoms with Gasteiger partial charge in [-0.25, -0.2) is 4.57 Å². The van der Waals surface area contributed by atoms with Gasteiger partial charge in [-0.05, 0) is 83.0 Å². The highest BCUT2D eigenvalue weighted by Crippen LogP contribution is 2.39. The Morgan fingerprint density at radius 3 is 1.93 bits per heavy atom. The molecule has 0 N–H and O–H groups in total. The van der Waals surface area contributed by atoms with Gasteiger partial charge in [0.25, 0.3) is 0 Å². The van der Waals surface area contributed by atoms with Gasteiger partial charge in [0.2, 0.25) is 5.69 Å². The van der Waals surface area contributed by atoms with E-state index in [-0.39, 0.29) is 33.4 Å². The zero-order valence-electron chi connectivity index (χ0n) is 34.8. The van der Waals surface area contributed by atoms with E-state index in [2.05, 4.69) is 6.55 Å². The fraction of sp³-hybridized carbons (Fsp3) is 0.143. The van der Waals surface area contributed by atoms with Gasteiger partial charge >= 0.3 is 0 Å². The lowest BCUT2D eigenvalue weighted by atomic mass is 9.93. The lowest BCUT2D eigenvalue weighted by Crippen LogP contribution is -2.64. The van der Waals surface area contributed by atoms with E-state index in [4.69, 9.17) is 16.8 Å². The molecular formula is C42H37N2OSi+. The van der Waals surface area contributed by atoms with Crippen LogP contribution in [0.2, 0.25) is 6.55 Å². The van der Waals surface area contributed by atoms with Crippen molar-refractivity contribution in [2.24, 2.45) is 7.05 Å². The van der Waals surface area contributed by atoms with Crippen LogP contribution in [0.5, 0.6) is 0 Å². The number of aryl methyl sites for hydroxylation is 5. The Bertz CT molecular complexity index is 2580. The molecule has 4 heteroatoms. The smallest absolute Gasteiger partial charge is 0.216 e. The molecule has 0 radical (unpaired) electrons. The van der Waals surface area contributed by atoms with Crippen molar-refractivity contribution in [1.29, 1.82) is 5.26 Å². The molecule has 0 unspecified atom stereocenters. The minimum Gasteiger partial charge on any atom is -0.455 e. The van der Waals surface area contributed by atoms with E-state index in [9.17, 15) is 5.26 Å². The first kappa shape index (κ1) is 20.7. The summed E-state index contributed by atoms with van der Waals surface area (Å²) in [6.07, 6.45) is 1.75. The van der Waals surface area contributed by atoms with Gasteiger partial charge < -0.3 is 4.42 Å². The Morgan fingerprint density at radius 1 is 0.696 bits per heavy atom. The Morgan fingerprint density at radius 2 is 1.33 bits per heavy atom. The van der Waals surface area contributed by atoms with Crippen molar-refractivity contribution < 1.29 is 21.3 Å². The number of aromatic nitrogens is 1. The number of nitriles is 1. The number of hydrogen-bond acceptors (Lipinski definition) is 2. The highest BCUT2D eigenvalue weighted by atomic mass is 28.3. The highest BCUT2D eigenvalue weighted by Gasteiger charge is 2.35. The minimum atomic E-state index is -2.95. The molecule has 0 aliphatic heterocycles. The molecule has 46 heavy (non-hydrogen) atoms. The van der Waals surface area contributed by atoms with Crippen LogP contribution in [-0.2, 0) is 7.05 Å². The van der Waals surface area contributed by atoms with Crippen molar-refractivity contribution in [3.63, 3.8) is 0 Å².